The fourth-order valence-electron chi connectivity index (χ4n) is 1.69. The molecule has 0 radical (unpaired) electrons. The van der Waals surface area contributed by atoms with Gasteiger partial charge in [0.1, 0.15) is 0 Å². The number of aliphatic hydroxyl groups is 2. The van der Waals surface area contributed by atoms with Crippen LogP contribution in [0.4, 0.5) is 0 Å². The van der Waals surface area contributed by atoms with Crippen LogP contribution in [-0.4, -0.2) is 21.4 Å². The van der Waals surface area contributed by atoms with E-state index in [1.807, 2.05) is 19.9 Å². The van der Waals surface area contributed by atoms with Gasteiger partial charge in [-0.3, -0.25) is 0 Å². The molecule has 76 valence electrons. The van der Waals surface area contributed by atoms with Crippen LogP contribution < -0.4 is 0 Å². The largest absolute Gasteiger partial charge is 0.390 e. The molecule has 2 nitrogen and oxygen atoms in total. The first-order chi connectivity index (χ1) is 5.73. The Labute approximate surface area is 80.3 Å². The van der Waals surface area contributed by atoms with Crippen LogP contribution in [0.15, 0.2) is 11.6 Å². The lowest BCUT2D eigenvalue weighted by Gasteiger charge is -2.36. The van der Waals surface area contributed by atoms with Crippen molar-refractivity contribution in [3.63, 3.8) is 0 Å². The van der Waals surface area contributed by atoms with Gasteiger partial charge in [0.05, 0.1) is 11.2 Å². The molecule has 1 rings (SSSR count). The fraction of sp³-hybridized carbons (Fsp3) is 0.818. The van der Waals surface area contributed by atoms with Gasteiger partial charge >= 0.3 is 0 Å². The maximum Gasteiger partial charge on any atom is 0.0800 e. The molecule has 0 saturated heterocycles. The summed E-state index contributed by atoms with van der Waals surface area (Å²) in [5.74, 6) is 0.127. The molecule has 0 bridgehead atoms. The van der Waals surface area contributed by atoms with Gasteiger partial charge in [-0.05, 0) is 39.2 Å². The van der Waals surface area contributed by atoms with Gasteiger partial charge in [-0.2, -0.15) is 0 Å². The van der Waals surface area contributed by atoms with Crippen molar-refractivity contribution in [2.75, 3.05) is 0 Å². The molecule has 2 unspecified atom stereocenters. The molecule has 1 aliphatic rings. The lowest BCUT2D eigenvalue weighted by molar-refractivity contribution is 0.00348. The number of hydrogen-bond donors (Lipinski definition) is 2. The topological polar surface area (TPSA) is 40.5 Å². The van der Waals surface area contributed by atoms with E-state index in [0.29, 0.717) is 0 Å². The van der Waals surface area contributed by atoms with E-state index in [2.05, 4.69) is 0 Å². The third kappa shape index (κ3) is 2.32. The molecule has 2 atom stereocenters. The van der Waals surface area contributed by atoms with Crippen molar-refractivity contribution < 1.29 is 10.2 Å². The molecular formula is C11H20O2. The Hall–Kier alpha value is -0.340. The first-order valence-corrected chi connectivity index (χ1v) is 4.89. The standard InChI is InChI=1S/C11H20O2/c1-8-7-9(10(2,3)12)5-6-11(8,4)13/h7-8,12-13H,5-6H2,1-4H3. The third-order valence-corrected chi connectivity index (χ3v) is 3.12. The highest BCUT2D eigenvalue weighted by Crippen LogP contribution is 2.35. The van der Waals surface area contributed by atoms with Crippen molar-refractivity contribution in [2.45, 2.75) is 51.7 Å². The molecule has 13 heavy (non-hydrogen) atoms. The van der Waals surface area contributed by atoms with Gasteiger partial charge in [0.2, 0.25) is 0 Å². The highest BCUT2D eigenvalue weighted by Gasteiger charge is 2.34. The van der Waals surface area contributed by atoms with Gasteiger partial charge in [-0.15, -0.1) is 0 Å². The second-order valence-electron chi connectivity index (χ2n) is 4.90. The molecular weight excluding hydrogens is 164 g/mol. The molecule has 2 heteroatoms. The third-order valence-electron chi connectivity index (χ3n) is 3.12. The SMILES string of the molecule is CC1C=C(C(C)(C)O)CCC1(C)O. The van der Waals surface area contributed by atoms with Crippen LogP contribution in [0.3, 0.4) is 0 Å². The van der Waals surface area contributed by atoms with Gasteiger partial charge in [0.25, 0.3) is 0 Å². The van der Waals surface area contributed by atoms with Crippen LogP contribution in [-0.2, 0) is 0 Å². The van der Waals surface area contributed by atoms with E-state index in [9.17, 15) is 10.2 Å². The first-order valence-electron chi connectivity index (χ1n) is 4.89. The summed E-state index contributed by atoms with van der Waals surface area (Å²) < 4.78 is 0. The summed E-state index contributed by atoms with van der Waals surface area (Å²) in [6, 6.07) is 0. The lowest BCUT2D eigenvalue weighted by Crippen LogP contribution is -2.37. The van der Waals surface area contributed by atoms with Crippen LogP contribution in [0.25, 0.3) is 0 Å². The molecule has 0 aliphatic heterocycles. The maximum absolute atomic E-state index is 9.90. The van der Waals surface area contributed by atoms with E-state index in [1.165, 1.54) is 0 Å². The van der Waals surface area contributed by atoms with E-state index in [4.69, 9.17) is 0 Å². The van der Waals surface area contributed by atoms with Gasteiger partial charge in [-0.25, -0.2) is 0 Å². The lowest BCUT2D eigenvalue weighted by atomic mass is 9.75. The number of rotatable bonds is 1. The summed E-state index contributed by atoms with van der Waals surface area (Å²) in [5.41, 5.74) is -0.286. The van der Waals surface area contributed by atoms with Crippen molar-refractivity contribution in [1.29, 1.82) is 0 Å². The molecule has 0 saturated carbocycles. The monoisotopic (exact) mass is 184 g/mol. The molecule has 0 heterocycles. The first kappa shape index (κ1) is 10.7. The predicted molar refractivity (Wildman–Crippen MR) is 53.4 cm³/mol. The smallest absolute Gasteiger partial charge is 0.0800 e. The molecule has 0 aromatic rings. The minimum atomic E-state index is -0.731. The summed E-state index contributed by atoms with van der Waals surface area (Å²) in [5, 5.41) is 19.7. The summed E-state index contributed by atoms with van der Waals surface area (Å²) in [6.45, 7) is 7.44. The van der Waals surface area contributed by atoms with Crippen molar-refractivity contribution >= 4 is 0 Å². The van der Waals surface area contributed by atoms with Crippen molar-refractivity contribution in [2.24, 2.45) is 5.92 Å². The van der Waals surface area contributed by atoms with Crippen molar-refractivity contribution in [3.8, 4) is 0 Å². The van der Waals surface area contributed by atoms with Crippen molar-refractivity contribution in [3.05, 3.63) is 11.6 Å². The second kappa shape index (κ2) is 3.10. The van der Waals surface area contributed by atoms with E-state index >= 15 is 0 Å². The molecule has 1 aliphatic carbocycles. The summed E-state index contributed by atoms with van der Waals surface area (Å²) >= 11 is 0. The molecule has 0 spiro atoms. The van der Waals surface area contributed by atoms with Gasteiger partial charge < -0.3 is 10.2 Å². The van der Waals surface area contributed by atoms with Gasteiger partial charge in [0, 0.05) is 5.92 Å². The van der Waals surface area contributed by atoms with E-state index < -0.39 is 11.2 Å². The highest BCUT2D eigenvalue weighted by molar-refractivity contribution is 5.20. The highest BCUT2D eigenvalue weighted by atomic mass is 16.3. The quantitative estimate of drug-likeness (QED) is 0.611. The average molecular weight is 184 g/mol. The zero-order chi connectivity index (χ0) is 10.3. The fourth-order valence-corrected chi connectivity index (χ4v) is 1.69. The molecule has 2 N–H and O–H groups in total. The Kier molecular flexibility index (Phi) is 2.56. The Bertz CT molecular complexity index is 221. The Morgan fingerprint density at radius 2 is 2.08 bits per heavy atom. The van der Waals surface area contributed by atoms with E-state index in [0.717, 1.165) is 18.4 Å². The van der Waals surface area contributed by atoms with E-state index in [1.54, 1.807) is 13.8 Å². The van der Waals surface area contributed by atoms with Crippen LogP contribution in [0.5, 0.6) is 0 Å². The van der Waals surface area contributed by atoms with Crippen LogP contribution >= 0.6 is 0 Å². The Morgan fingerprint density at radius 3 is 2.46 bits per heavy atom. The summed E-state index contributed by atoms with van der Waals surface area (Å²) in [4.78, 5) is 0. The van der Waals surface area contributed by atoms with Crippen LogP contribution in [0.2, 0.25) is 0 Å². The van der Waals surface area contributed by atoms with Crippen molar-refractivity contribution in [1.82, 2.24) is 0 Å². The van der Waals surface area contributed by atoms with Crippen LogP contribution in [0, 0.1) is 5.92 Å². The summed E-state index contributed by atoms with van der Waals surface area (Å²) in [7, 11) is 0. The normalized spacial score (nSPS) is 35.8. The van der Waals surface area contributed by atoms with Gasteiger partial charge in [0.15, 0.2) is 0 Å². The average Bonchev–Trinajstić information content (AvgIpc) is 1.92. The zero-order valence-electron chi connectivity index (χ0n) is 8.96. The number of hydrogen-bond acceptors (Lipinski definition) is 2. The van der Waals surface area contributed by atoms with E-state index in [-0.39, 0.29) is 5.92 Å². The Morgan fingerprint density at radius 1 is 1.54 bits per heavy atom. The summed E-state index contributed by atoms with van der Waals surface area (Å²) in [6.07, 6.45) is 3.54. The maximum atomic E-state index is 9.90. The molecule has 0 aromatic heterocycles. The molecule has 0 fully saturated rings. The second-order valence-corrected chi connectivity index (χ2v) is 4.90. The zero-order valence-corrected chi connectivity index (χ0v) is 8.96. The minimum Gasteiger partial charge on any atom is -0.390 e. The predicted octanol–water partition coefficient (Wildman–Crippen LogP) is 1.86. The minimum absolute atomic E-state index is 0.127. The van der Waals surface area contributed by atoms with Crippen LogP contribution in [0.1, 0.15) is 40.5 Å². The van der Waals surface area contributed by atoms with Gasteiger partial charge in [-0.1, -0.05) is 13.0 Å². The molecule has 0 aromatic carbocycles. The Balaban J connectivity index is 2.85. The molecule has 0 amide bonds.